The lowest BCUT2D eigenvalue weighted by Crippen LogP contribution is -2.28. The smallest absolute Gasteiger partial charge is 0.224 e. The molecular weight excluding hydrogens is 116 g/mol. The van der Waals surface area contributed by atoms with Crippen molar-refractivity contribution in [3.05, 3.63) is 0 Å². The minimum atomic E-state index is -0.178. The van der Waals surface area contributed by atoms with E-state index in [1.165, 1.54) is 0 Å². The van der Waals surface area contributed by atoms with E-state index in [1.54, 1.807) is 0 Å². The highest BCUT2D eigenvalue weighted by molar-refractivity contribution is 5.85. The fraction of sp³-hybridized carbons (Fsp3) is 0.667. The Hall–Kier alpha value is -1.04. The summed E-state index contributed by atoms with van der Waals surface area (Å²) in [7, 11) is 0. The molecule has 0 aromatic rings. The number of nitrogens with one attached hydrogen (secondary N) is 1. The normalized spacial score (nSPS) is 45.2. The molecule has 2 rings (SSSR count). The maximum Gasteiger partial charge on any atom is 0.224 e. The molecule has 3 nitrogen and oxygen atoms in total. The van der Waals surface area contributed by atoms with E-state index >= 15 is 0 Å². The number of carbonyl (C=O) groups excluding carboxylic acids is 1. The standard InChI is InChI=1S/C6H6N2O/c7-2-5-3-1-4(3)6(9)8-5/h3-5H,1H2,(H,8,9)/t3-,4+,5+/m0/s1. The maximum absolute atomic E-state index is 10.7. The van der Waals surface area contributed by atoms with Crippen molar-refractivity contribution in [3.63, 3.8) is 0 Å². The summed E-state index contributed by atoms with van der Waals surface area (Å²) in [6.07, 6.45) is 0.935. The fourth-order valence-corrected chi connectivity index (χ4v) is 1.38. The van der Waals surface area contributed by atoms with E-state index < -0.39 is 0 Å². The number of piperidine rings is 1. The molecule has 2 fully saturated rings. The van der Waals surface area contributed by atoms with E-state index in [4.69, 9.17) is 5.26 Å². The lowest BCUT2D eigenvalue weighted by Gasteiger charge is -1.99. The molecule has 1 heterocycles. The van der Waals surface area contributed by atoms with Gasteiger partial charge in [0, 0.05) is 11.8 Å². The molecule has 0 spiro atoms. The average molecular weight is 122 g/mol. The third-order valence-electron chi connectivity index (χ3n) is 2.04. The Bertz CT molecular complexity index is 206. The van der Waals surface area contributed by atoms with Crippen LogP contribution in [0.25, 0.3) is 0 Å². The van der Waals surface area contributed by atoms with Crippen LogP contribution < -0.4 is 5.32 Å². The van der Waals surface area contributed by atoms with Gasteiger partial charge in [-0.15, -0.1) is 0 Å². The topological polar surface area (TPSA) is 52.9 Å². The van der Waals surface area contributed by atoms with Gasteiger partial charge in [-0.25, -0.2) is 0 Å². The first-order chi connectivity index (χ1) is 4.33. The van der Waals surface area contributed by atoms with Crippen LogP contribution in [0.4, 0.5) is 0 Å². The first kappa shape index (κ1) is 4.80. The van der Waals surface area contributed by atoms with Crippen molar-refractivity contribution in [3.8, 4) is 6.07 Å². The number of hydrogen-bond acceptors (Lipinski definition) is 2. The van der Waals surface area contributed by atoms with Gasteiger partial charge in [-0.2, -0.15) is 5.26 Å². The number of rotatable bonds is 0. The largest absolute Gasteiger partial charge is 0.340 e. The first-order valence-corrected chi connectivity index (χ1v) is 3.03. The van der Waals surface area contributed by atoms with Crippen LogP contribution in [0.2, 0.25) is 0 Å². The van der Waals surface area contributed by atoms with Crippen LogP contribution in [0.3, 0.4) is 0 Å². The van der Waals surface area contributed by atoms with Crippen molar-refractivity contribution < 1.29 is 4.79 Å². The minimum Gasteiger partial charge on any atom is -0.340 e. The van der Waals surface area contributed by atoms with Gasteiger partial charge in [0.2, 0.25) is 5.91 Å². The zero-order chi connectivity index (χ0) is 6.43. The lowest BCUT2D eigenvalue weighted by molar-refractivity contribution is -0.121. The summed E-state index contributed by atoms with van der Waals surface area (Å²) in [6, 6.07) is 1.88. The second-order valence-electron chi connectivity index (χ2n) is 2.62. The van der Waals surface area contributed by atoms with Crippen LogP contribution in [0, 0.1) is 23.2 Å². The third kappa shape index (κ3) is 0.476. The molecule has 0 radical (unpaired) electrons. The average Bonchev–Trinajstić information content (AvgIpc) is 2.56. The predicted octanol–water partition coefficient (Wildman–Crippen LogP) is -0.356. The van der Waals surface area contributed by atoms with Crippen molar-refractivity contribution in [2.45, 2.75) is 12.5 Å². The van der Waals surface area contributed by atoms with Crippen LogP contribution in [0.15, 0.2) is 0 Å². The van der Waals surface area contributed by atoms with Gasteiger partial charge in [0.25, 0.3) is 0 Å². The van der Waals surface area contributed by atoms with Gasteiger partial charge in [0.05, 0.1) is 6.07 Å². The Labute approximate surface area is 52.7 Å². The second-order valence-corrected chi connectivity index (χ2v) is 2.62. The number of nitriles is 1. The molecule has 0 aromatic heterocycles. The summed E-state index contributed by atoms with van der Waals surface area (Å²) >= 11 is 0. The van der Waals surface area contributed by atoms with E-state index in [0.29, 0.717) is 5.92 Å². The summed E-state index contributed by atoms with van der Waals surface area (Å²) < 4.78 is 0. The molecular formula is C6H6N2O. The number of amides is 1. The Morgan fingerprint density at radius 2 is 2.56 bits per heavy atom. The molecule has 9 heavy (non-hydrogen) atoms. The number of nitrogens with zero attached hydrogens (tertiary/aromatic N) is 1. The fourth-order valence-electron chi connectivity index (χ4n) is 1.38. The second kappa shape index (κ2) is 1.27. The van der Waals surface area contributed by atoms with E-state index in [1.807, 2.05) is 0 Å². The molecule has 1 N–H and O–H groups in total. The third-order valence-corrected chi connectivity index (χ3v) is 2.04. The maximum atomic E-state index is 10.7. The Morgan fingerprint density at radius 3 is 2.78 bits per heavy atom. The number of fused-ring (bicyclic) bond motifs is 1. The summed E-state index contributed by atoms with van der Waals surface area (Å²) in [4.78, 5) is 10.7. The van der Waals surface area contributed by atoms with E-state index in [2.05, 4.69) is 11.4 Å². The number of hydrogen-bond donors (Lipinski definition) is 1. The molecule has 3 atom stereocenters. The molecule has 46 valence electrons. The first-order valence-electron chi connectivity index (χ1n) is 3.03. The molecule has 0 bridgehead atoms. The molecule has 1 saturated heterocycles. The molecule has 0 unspecified atom stereocenters. The number of carbonyl (C=O) groups is 1. The van der Waals surface area contributed by atoms with Gasteiger partial charge in [0.15, 0.2) is 0 Å². The van der Waals surface area contributed by atoms with Gasteiger partial charge in [-0.05, 0) is 6.42 Å². The molecule has 1 aliphatic carbocycles. The van der Waals surface area contributed by atoms with Gasteiger partial charge in [-0.1, -0.05) is 0 Å². The zero-order valence-electron chi connectivity index (χ0n) is 4.79. The SMILES string of the molecule is N#C[C@H]1NC(=O)[C@@H]2C[C@H]12. The lowest BCUT2D eigenvalue weighted by atomic mass is 10.2. The molecule has 0 aromatic carbocycles. The minimum absolute atomic E-state index is 0.0755. The molecule has 1 amide bonds. The van der Waals surface area contributed by atoms with Crippen LogP contribution in [0.5, 0.6) is 0 Å². The van der Waals surface area contributed by atoms with Crippen LogP contribution in [-0.2, 0) is 4.79 Å². The van der Waals surface area contributed by atoms with Gasteiger partial charge < -0.3 is 5.32 Å². The molecule has 3 heteroatoms. The van der Waals surface area contributed by atoms with E-state index in [9.17, 15) is 4.79 Å². The van der Waals surface area contributed by atoms with Crippen molar-refractivity contribution in [2.75, 3.05) is 0 Å². The van der Waals surface area contributed by atoms with Crippen LogP contribution >= 0.6 is 0 Å². The Kier molecular flexibility index (Phi) is 0.677. The van der Waals surface area contributed by atoms with Gasteiger partial charge in [-0.3, -0.25) is 4.79 Å². The van der Waals surface area contributed by atoms with Gasteiger partial charge in [0.1, 0.15) is 6.04 Å². The van der Waals surface area contributed by atoms with E-state index in [-0.39, 0.29) is 17.9 Å². The molecule has 1 saturated carbocycles. The van der Waals surface area contributed by atoms with Crippen molar-refractivity contribution >= 4 is 5.91 Å². The van der Waals surface area contributed by atoms with Gasteiger partial charge >= 0.3 is 0 Å². The monoisotopic (exact) mass is 122 g/mol. The Morgan fingerprint density at radius 1 is 1.78 bits per heavy atom. The predicted molar refractivity (Wildman–Crippen MR) is 29.1 cm³/mol. The highest BCUT2D eigenvalue weighted by Gasteiger charge is 2.54. The highest BCUT2D eigenvalue weighted by Crippen LogP contribution is 2.45. The highest BCUT2D eigenvalue weighted by atomic mass is 16.2. The molecule has 2 aliphatic rings. The quantitative estimate of drug-likeness (QED) is 0.477. The summed E-state index contributed by atoms with van der Waals surface area (Å²) in [6.45, 7) is 0. The van der Waals surface area contributed by atoms with Crippen LogP contribution in [0.1, 0.15) is 6.42 Å². The van der Waals surface area contributed by atoms with Crippen LogP contribution in [-0.4, -0.2) is 11.9 Å². The van der Waals surface area contributed by atoms with Crippen molar-refractivity contribution in [1.82, 2.24) is 5.32 Å². The Balaban J connectivity index is 2.19. The zero-order valence-corrected chi connectivity index (χ0v) is 4.79. The van der Waals surface area contributed by atoms with Crippen molar-refractivity contribution in [2.24, 2.45) is 11.8 Å². The summed E-state index contributed by atoms with van der Waals surface area (Å²) in [5.74, 6) is 0.615. The van der Waals surface area contributed by atoms with E-state index in [0.717, 1.165) is 6.42 Å². The van der Waals surface area contributed by atoms with Crippen molar-refractivity contribution in [1.29, 1.82) is 5.26 Å². The molecule has 1 aliphatic heterocycles. The summed E-state index contributed by atoms with van der Waals surface area (Å²) in [5.41, 5.74) is 0. The summed E-state index contributed by atoms with van der Waals surface area (Å²) in [5, 5.41) is 11.0.